The van der Waals surface area contributed by atoms with Gasteiger partial charge in [0.15, 0.2) is 0 Å². The Kier molecular flexibility index (Phi) is 4.21. The molecule has 21 heavy (non-hydrogen) atoms. The zero-order chi connectivity index (χ0) is 15.7. The molecule has 0 amide bonds. The van der Waals surface area contributed by atoms with Gasteiger partial charge in [0, 0.05) is 13.1 Å². The normalized spacial score (nSPS) is 16.6. The van der Waals surface area contributed by atoms with Crippen molar-refractivity contribution >= 4 is 16.0 Å². The second kappa shape index (κ2) is 5.62. The smallest absolute Gasteiger partial charge is 0.345 e. The van der Waals surface area contributed by atoms with Gasteiger partial charge < -0.3 is 10.2 Å². The minimum Gasteiger partial charge on any atom is -0.345 e. The fourth-order valence-electron chi connectivity index (χ4n) is 1.57. The first-order valence-corrected chi connectivity index (χ1v) is 7.26. The number of carbonyl (C=O) groups is 1. The minimum absolute atomic E-state index is 0.0944. The maximum atomic E-state index is 12.3. The number of hydroxylamine groups is 1. The summed E-state index contributed by atoms with van der Waals surface area (Å²) in [6.45, 7) is 0.189. The Morgan fingerprint density at radius 3 is 2.24 bits per heavy atom. The van der Waals surface area contributed by atoms with E-state index in [1.54, 1.807) is 6.07 Å². The summed E-state index contributed by atoms with van der Waals surface area (Å²) < 4.78 is 61.5. The van der Waals surface area contributed by atoms with Crippen LogP contribution >= 0.6 is 0 Å². The Labute approximate surface area is 118 Å². The van der Waals surface area contributed by atoms with Gasteiger partial charge in [-0.1, -0.05) is 18.2 Å². The molecule has 0 radical (unpaired) electrons. The first kappa shape index (κ1) is 15.7. The Bertz CT molecular complexity index is 614. The van der Waals surface area contributed by atoms with Gasteiger partial charge in [-0.2, -0.15) is 13.2 Å². The summed E-state index contributed by atoms with van der Waals surface area (Å²) in [5.74, 6) is -2.58. The van der Waals surface area contributed by atoms with Crippen molar-refractivity contribution < 1.29 is 31.2 Å². The number of rotatable bonds is 4. The predicted octanol–water partition coefficient (Wildman–Crippen LogP) is 0.670. The highest BCUT2D eigenvalue weighted by atomic mass is 32.2. The highest BCUT2D eigenvalue weighted by molar-refractivity contribution is 7.89. The van der Waals surface area contributed by atoms with Crippen molar-refractivity contribution in [2.45, 2.75) is 17.1 Å². The number of hydrogen-bond acceptors (Lipinski definition) is 5. The molecular formula is C11H11F3N2O4S. The summed E-state index contributed by atoms with van der Waals surface area (Å²) in [6.07, 6.45) is -5.28. The maximum absolute atomic E-state index is 12.3. The van der Waals surface area contributed by atoms with Gasteiger partial charge in [-0.15, -0.1) is 0 Å². The molecule has 0 atom stereocenters. The van der Waals surface area contributed by atoms with Crippen LogP contribution in [0.15, 0.2) is 35.2 Å². The molecule has 1 aliphatic rings. The lowest BCUT2D eigenvalue weighted by Gasteiger charge is -2.35. The number of carbonyl (C=O) groups excluding carboxylic acids is 1. The monoisotopic (exact) mass is 324 g/mol. The van der Waals surface area contributed by atoms with Gasteiger partial charge in [0.05, 0.1) is 10.9 Å². The molecule has 116 valence electrons. The lowest BCUT2D eigenvalue weighted by atomic mass is 10.2. The van der Waals surface area contributed by atoms with Crippen LogP contribution in [-0.2, 0) is 19.7 Å². The predicted molar refractivity (Wildman–Crippen MR) is 64.3 cm³/mol. The summed E-state index contributed by atoms with van der Waals surface area (Å²) in [5, 5.41) is 2.70. The van der Waals surface area contributed by atoms with Crippen LogP contribution in [0.3, 0.4) is 0 Å². The number of halogens is 3. The third-order valence-electron chi connectivity index (χ3n) is 2.74. The van der Waals surface area contributed by atoms with Gasteiger partial charge in [-0.05, 0) is 16.6 Å². The van der Waals surface area contributed by atoms with Gasteiger partial charge in [-0.3, -0.25) is 0 Å². The van der Waals surface area contributed by atoms with Crippen LogP contribution in [-0.4, -0.2) is 44.2 Å². The average molecular weight is 324 g/mol. The van der Waals surface area contributed by atoms with Crippen molar-refractivity contribution in [1.82, 2.24) is 9.79 Å². The highest BCUT2D eigenvalue weighted by Gasteiger charge is 2.47. The SMILES string of the molecule is O=C(ON(C1CNC1)S(=O)(=O)c1ccccc1)C(F)(F)F. The number of alkyl halides is 3. The summed E-state index contributed by atoms with van der Waals surface area (Å²) >= 11 is 0. The van der Waals surface area contributed by atoms with Crippen LogP contribution in [0.2, 0.25) is 0 Å². The van der Waals surface area contributed by atoms with E-state index < -0.39 is 28.2 Å². The zero-order valence-corrected chi connectivity index (χ0v) is 11.3. The first-order chi connectivity index (χ1) is 9.73. The third-order valence-corrected chi connectivity index (χ3v) is 4.45. The molecule has 0 unspecified atom stereocenters. The summed E-state index contributed by atoms with van der Waals surface area (Å²) in [7, 11) is -4.37. The van der Waals surface area contributed by atoms with E-state index in [1.165, 1.54) is 24.3 Å². The van der Waals surface area contributed by atoms with Gasteiger partial charge in [0.2, 0.25) is 0 Å². The van der Waals surface area contributed by atoms with E-state index in [1.807, 2.05) is 0 Å². The Balaban J connectivity index is 2.30. The van der Waals surface area contributed by atoms with Gasteiger partial charge in [0.1, 0.15) is 0 Å². The molecule has 1 aliphatic heterocycles. The zero-order valence-electron chi connectivity index (χ0n) is 10.5. The van der Waals surface area contributed by atoms with E-state index in [-0.39, 0.29) is 22.5 Å². The molecule has 1 N–H and O–H groups in total. The fourth-order valence-corrected chi connectivity index (χ4v) is 2.99. The van der Waals surface area contributed by atoms with Crippen LogP contribution in [0, 0.1) is 0 Å². The van der Waals surface area contributed by atoms with E-state index in [9.17, 15) is 26.4 Å². The Morgan fingerprint density at radius 1 is 1.24 bits per heavy atom. The standard InChI is InChI=1S/C11H11F3N2O4S/c12-11(13,14)10(17)20-16(8-6-15-7-8)21(18,19)9-4-2-1-3-5-9/h1-5,8,15H,6-7H2. The Morgan fingerprint density at radius 2 is 1.81 bits per heavy atom. The maximum Gasteiger partial charge on any atom is 0.492 e. The van der Waals surface area contributed by atoms with Crippen molar-refractivity contribution in [1.29, 1.82) is 0 Å². The van der Waals surface area contributed by atoms with Gasteiger partial charge in [-0.25, -0.2) is 13.2 Å². The second-order valence-electron chi connectivity index (χ2n) is 4.26. The molecule has 0 saturated carbocycles. The molecule has 1 aromatic carbocycles. The summed E-state index contributed by atoms with van der Waals surface area (Å²) in [6, 6.07) is 5.91. The number of nitrogens with one attached hydrogen (secondary N) is 1. The van der Waals surface area contributed by atoms with E-state index in [0.717, 1.165) is 0 Å². The van der Waals surface area contributed by atoms with Crippen LogP contribution in [0.5, 0.6) is 0 Å². The molecule has 0 bridgehead atoms. The second-order valence-corrected chi connectivity index (χ2v) is 6.04. The first-order valence-electron chi connectivity index (χ1n) is 5.82. The van der Waals surface area contributed by atoms with Crippen LogP contribution in [0.4, 0.5) is 13.2 Å². The van der Waals surface area contributed by atoms with Crippen molar-refractivity contribution in [2.75, 3.05) is 13.1 Å². The molecule has 6 nitrogen and oxygen atoms in total. The number of nitrogens with zero attached hydrogens (tertiary/aromatic N) is 1. The fraction of sp³-hybridized carbons (Fsp3) is 0.364. The van der Waals surface area contributed by atoms with Crippen molar-refractivity contribution in [3.05, 3.63) is 30.3 Å². The lowest BCUT2D eigenvalue weighted by molar-refractivity contribution is -0.228. The van der Waals surface area contributed by atoms with Crippen LogP contribution in [0.25, 0.3) is 0 Å². The third kappa shape index (κ3) is 3.34. The Hall–Kier alpha value is -1.65. The van der Waals surface area contributed by atoms with Gasteiger partial charge in [0.25, 0.3) is 10.0 Å². The molecule has 0 aromatic heterocycles. The van der Waals surface area contributed by atoms with E-state index in [4.69, 9.17) is 0 Å². The topological polar surface area (TPSA) is 75.7 Å². The highest BCUT2D eigenvalue weighted by Crippen LogP contribution is 2.24. The minimum atomic E-state index is -5.28. The van der Waals surface area contributed by atoms with Gasteiger partial charge >= 0.3 is 12.1 Å². The molecule has 1 aromatic rings. The molecular weight excluding hydrogens is 313 g/mol. The molecule has 2 rings (SSSR count). The average Bonchev–Trinajstić information content (AvgIpc) is 2.35. The van der Waals surface area contributed by atoms with Crippen molar-refractivity contribution in [3.63, 3.8) is 0 Å². The lowest BCUT2D eigenvalue weighted by Crippen LogP contribution is -2.59. The largest absolute Gasteiger partial charge is 0.492 e. The number of sulfonamides is 1. The summed E-state index contributed by atoms with van der Waals surface area (Å²) in [4.78, 5) is 14.7. The molecule has 0 spiro atoms. The molecule has 1 saturated heterocycles. The van der Waals surface area contributed by atoms with E-state index in [2.05, 4.69) is 10.2 Å². The molecule has 0 aliphatic carbocycles. The van der Waals surface area contributed by atoms with Crippen LogP contribution in [0.1, 0.15) is 0 Å². The van der Waals surface area contributed by atoms with Crippen molar-refractivity contribution in [3.8, 4) is 0 Å². The van der Waals surface area contributed by atoms with E-state index >= 15 is 0 Å². The molecule has 1 heterocycles. The van der Waals surface area contributed by atoms with E-state index in [0.29, 0.717) is 0 Å². The quantitative estimate of drug-likeness (QED) is 0.824. The number of benzene rings is 1. The summed E-state index contributed by atoms with van der Waals surface area (Å²) in [5.41, 5.74) is 0. The van der Waals surface area contributed by atoms with Crippen LogP contribution < -0.4 is 5.32 Å². The van der Waals surface area contributed by atoms with Crippen molar-refractivity contribution in [2.24, 2.45) is 0 Å². The molecule has 1 fully saturated rings. The molecule has 10 heteroatoms. The number of hydrogen-bond donors (Lipinski definition) is 1.